The molecule has 0 aliphatic rings. The summed E-state index contributed by atoms with van der Waals surface area (Å²) in [7, 11) is 0. The average molecular weight is 261 g/mol. The average Bonchev–Trinajstić information content (AvgIpc) is 2.26. The first-order chi connectivity index (χ1) is 8.25. The van der Waals surface area contributed by atoms with Gasteiger partial charge in [-0.1, -0.05) is 0 Å². The van der Waals surface area contributed by atoms with E-state index in [1.807, 2.05) is 0 Å². The molecule has 18 heavy (non-hydrogen) atoms. The molecule has 1 aromatic carbocycles. The quantitative estimate of drug-likeness (QED) is 0.584. The first-order valence-electron chi connectivity index (χ1n) is 4.63. The Balaban J connectivity index is 3.26. The van der Waals surface area contributed by atoms with E-state index in [0.717, 1.165) is 0 Å². The molecule has 0 aromatic heterocycles. The number of amides is 1. The fraction of sp³-hybridized carbons (Fsp3) is 0.200. The third-order valence-corrected chi connectivity index (χ3v) is 2.21. The molecule has 0 fully saturated rings. The van der Waals surface area contributed by atoms with Gasteiger partial charge in [-0.2, -0.15) is 0 Å². The first kappa shape index (κ1) is 14.0. The van der Waals surface area contributed by atoms with Crippen LogP contribution in [0.2, 0.25) is 0 Å². The van der Waals surface area contributed by atoms with Crippen LogP contribution in [0.3, 0.4) is 0 Å². The number of aromatic carboxylic acids is 1. The summed E-state index contributed by atoms with van der Waals surface area (Å²) < 4.78 is 26.8. The van der Waals surface area contributed by atoms with E-state index >= 15 is 0 Å². The Hall–Kier alpha value is -2.06. The zero-order valence-electron chi connectivity index (χ0n) is 8.80. The van der Waals surface area contributed by atoms with Crippen LogP contribution in [0.1, 0.15) is 22.0 Å². The Morgan fingerprint density at radius 2 is 1.61 bits per heavy atom. The van der Waals surface area contributed by atoms with Crippen molar-refractivity contribution in [2.24, 2.45) is 5.73 Å². The molecule has 0 bridgehead atoms. The van der Waals surface area contributed by atoms with Gasteiger partial charge in [-0.3, -0.25) is 4.79 Å². The van der Waals surface area contributed by atoms with Gasteiger partial charge < -0.3 is 21.1 Å². The molecule has 0 saturated carbocycles. The molecule has 98 valence electrons. The summed E-state index contributed by atoms with van der Waals surface area (Å²) in [4.78, 5) is 21.1. The predicted octanol–water partition coefficient (Wildman–Crippen LogP) is -0.457. The summed E-state index contributed by atoms with van der Waals surface area (Å²) in [6.07, 6.45) is -4.42. The SMILES string of the molecule is NC(=O)C(O)C(O)c1c(F)cc(C(=O)O)cc1F. The Morgan fingerprint density at radius 3 is 1.94 bits per heavy atom. The summed E-state index contributed by atoms with van der Waals surface area (Å²) in [5, 5.41) is 27.0. The first-order valence-corrected chi connectivity index (χ1v) is 4.63. The molecule has 1 amide bonds. The van der Waals surface area contributed by atoms with E-state index in [2.05, 4.69) is 5.73 Å². The van der Waals surface area contributed by atoms with Crippen molar-refractivity contribution in [3.63, 3.8) is 0 Å². The van der Waals surface area contributed by atoms with Crippen molar-refractivity contribution in [2.45, 2.75) is 12.2 Å². The maximum atomic E-state index is 13.4. The van der Waals surface area contributed by atoms with Crippen LogP contribution >= 0.6 is 0 Å². The highest BCUT2D eigenvalue weighted by Crippen LogP contribution is 2.25. The van der Waals surface area contributed by atoms with Crippen molar-refractivity contribution in [3.05, 3.63) is 34.9 Å². The van der Waals surface area contributed by atoms with Crippen LogP contribution in [0.25, 0.3) is 0 Å². The van der Waals surface area contributed by atoms with E-state index in [1.165, 1.54) is 0 Å². The van der Waals surface area contributed by atoms with E-state index in [9.17, 15) is 23.5 Å². The van der Waals surface area contributed by atoms with Gasteiger partial charge >= 0.3 is 5.97 Å². The van der Waals surface area contributed by atoms with Crippen molar-refractivity contribution in [3.8, 4) is 0 Å². The van der Waals surface area contributed by atoms with Crippen LogP contribution in [0.15, 0.2) is 12.1 Å². The molecule has 2 unspecified atom stereocenters. The van der Waals surface area contributed by atoms with E-state index in [4.69, 9.17) is 10.2 Å². The van der Waals surface area contributed by atoms with Gasteiger partial charge in [-0.05, 0) is 12.1 Å². The largest absolute Gasteiger partial charge is 0.478 e. The number of carboxylic acid groups (broad SMARTS) is 1. The third kappa shape index (κ3) is 2.60. The fourth-order valence-electron chi connectivity index (χ4n) is 1.30. The maximum absolute atomic E-state index is 13.4. The zero-order chi connectivity index (χ0) is 14.0. The standard InChI is InChI=1S/C10H9F2NO5/c11-4-1-3(10(17)18)2-5(12)6(4)7(14)8(15)9(13)16/h1-2,7-8,14-15H,(H2,13,16)(H,17,18). The highest BCUT2D eigenvalue weighted by Gasteiger charge is 2.29. The highest BCUT2D eigenvalue weighted by atomic mass is 19.1. The predicted molar refractivity (Wildman–Crippen MR) is 53.5 cm³/mol. The Bertz CT molecular complexity index is 482. The van der Waals surface area contributed by atoms with Crippen molar-refractivity contribution < 1.29 is 33.7 Å². The van der Waals surface area contributed by atoms with Gasteiger partial charge in [0.1, 0.15) is 17.7 Å². The van der Waals surface area contributed by atoms with E-state index in [0.29, 0.717) is 12.1 Å². The van der Waals surface area contributed by atoms with E-state index in [-0.39, 0.29) is 0 Å². The van der Waals surface area contributed by atoms with Crippen molar-refractivity contribution in [1.82, 2.24) is 0 Å². The lowest BCUT2D eigenvalue weighted by molar-refractivity contribution is -0.132. The number of carboxylic acids is 1. The molecule has 5 N–H and O–H groups in total. The van der Waals surface area contributed by atoms with Crippen LogP contribution in [0.4, 0.5) is 8.78 Å². The molecule has 0 radical (unpaired) electrons. The maximum Gasteiger partial charge on any atom is 0.335 e. The van der Waals surface area contributed by atoms with Gasteiger partial charge in [0.15, 0.2) is 6.10 Å². The minimum atomic E-state index is -2.22. The van der Waals surface area contributed by atoms with Crippen LogP contribution in [0.5, 0.6) is 0 Å². The molecule has 2 atom stereocenters. The number of hydrogen-bond acceptors (Lipinski definition) is 4. The van der Waals surface area contributed by atoms with Crippen molar-refractivity contribution >= 4 is 11.9 Å². The van der Waals surface area contributed by atoms with Crippen molar-refractivity contribution in [1.29, 1.82) is 0 Å². The summed E-state index contributed by atoms with van der Waals surface area (Å²) in [6.45, 7) is 0. The Labute approximate surface area is 99.3 Å². The summed E-state index contributed by atoms with van der Waals surface area (Å²) >= 11 is 0. The second kappa shape index (κ2) is 5.07. The molecule has 0 heterocycles. The smallest absolute Gasteiger partial charge is 0.335 e. The lowest BCUT2D eigenvalue weighted by atomic mass is 10.0. The minimum absolute atomic E-state index is 0.456. The molecule has 6 nitrogen and oxygen atoms in total. The van der Waals surface area contributed by atoms with Crippen LogP contribution in [-0.4, -0.2) is 33.3 Å². The molecule has 1 rings (SSSR count). The zero-order valence-corrected chi connectivity index (χ0v) is 8.80. The van der Waals surface area contributed by atoms with Crippen LogP contribution in [-0.2, 0) is 4.79 Å². The summed E-state index contributed by atoms with van der Waals surface area (Å²) in [6, 6.07) is 0.912. The van der Waals surface area contributed by atoms with Gasteiger partial charge in [-0.15, -0.1) is 0 Å². The summed E-state index contributed by atoms with van der Waals surface area (Å²) in [5.41, 5.74) is 2.97. The lowest BCUT2D eigenvalue weighted by Gasteiger charge is -2.16. The molecule has 8 heteroatoms. The molecule has 0 aliphatic heterocycles. The van der Waals surface area contributed by atoms with Gasteiger partial charge in [-0.25, -0.2) is 13.6 Å². The molecular weight excluding hydrogens is 252 g/mol. The molecule has 0 spiro atoms. The Kier molecular flexibility index (Phi) is 3.94. The second-order valence-electron chi connectivity index (χ2n) is 3.45. The van der Waals surface area contributed by atoms with Crippen LogP contribution in [0, 0.1) is 11.6 Å². The molecule has 0 saturated heterocycles. The van der Waals surface area contributed by atoms with Crippen LogP contribution < -0.4 is 5.73 Å². The second-order valence-corrected chi connectivity index (χ2v) is 3.45. The van der Waals surface area contributed by atoms with E-state index in [1.54, 1.807) is 0 Å². The topological polar surface area (TPSA) is 121 Å². The molecule has 1 aromatic rings. The number of benzene rings is 1. The van der Waals surface area contributed by atoms with Crippen molar-refractivity contribution in [2.75, 3.05) is 0 Å². The number of rotatable bonds is 4. The number of primary amides is 1. The number of carbonyl (C=O) groups is 2. The monoisotopic (exact) mass is 261 g/mol. The Morgan fingerprint density at radius 1 is 1.17 bits per heavy atom. The van der Waals surface area contributed by atoms with Gasteiger partial charge in [0.25, 0.3) is 0 Å². The number of carbonyl (C=O) groups excluding carboxylic acids is 1. The highest BCUT2D eigenvalue weighted by molar-refractivity contribution is 5.87. The number of aliphatic hydroxyl groups is 2. The lowest BCUT2D eigenvalue weighted by Crippen LogP contribution is -2.34. The molecule has 0 aliphatic carbocycles. The van der Waals surface area contributed by atoms with Gasteiger partial charge in [0, 0.05) is 0 Å². The molecular formula is C10H9F2NO5. The number of nitrogens with two attached hydrogens (primary N) is 1. The number of aliphatic hydroxyl groups excluding tert-OH is 2. The van der Waals surface area contributed by atoms with E-state index < -0.39 is 46.8 Å². The normalized spacial score (nSPS) is 14.0. The third-order valence-electron chi connectivity index (χ3n) is 2.21. The summed E-state index contributed by atoms with van der Waals surface area (Å²) in [5.74, 6) is -5.74. The fourth-order valence-corrected chi connectivity index (χ4v) is 1.30. The van der Waals surface area contributed by atoms with Gasteiger partial charge in [0.2, 0.25) is 5.91 Å². The number of halogens is 2. The minimum Gasteiger partial charge on any atom is -0.478 e. The van der Waals surface area contributed by atoms with Gasteiger partial charge in [0.05, 0.1) is 11.1 Å². The number of hydrogen-bond donors (Lipinski definition) is 4.